The molecule has 0 saturated heterocycles. The fourth-order valence-corrected chi connectivity index (χ4v) is 2.31. The molecular formula is C12H21NO. The molecule has 1 unspecified atom stereocenters. The molecule has 0 aromatic heterocycles. The SMILES string of the molecule is [CH]CC(=O)C(CC1CCCCC1)NC. The molecular weight excluding hydrogens is 174 g/mol. The number of carbonyl (C=O) groups excluding carboxylic acids is 1. The van der Waals surface area contributed by atoms with Crippen molar-refractivity contribution in [3.05, 3.63) is 6.92 Å². The Morgan fingerprint density at radius 3 is 2.57 bits per heavy atom. The maximum Gasteiger partial charge on any atom is 0.150 e. The third-order valence-electron chi connectivity index (χ3n) is 3.23. The molecule has 14 heavy (non-hydrogen) atoms. The third-order valence-corrected chi connectivity index (χ3v) is 3.23. The van der Waals surface area contributed by atoms with Gasteiger partial charge in [-0.15, -0.1) is 0 Å². The lowest BCUT2D eigenvalue weighted by atomic mass is 9.84. The van der Waals surface area contributed by atoms with Crippen LogP contribution in [0.4, 0.5) is 0 Å². The summed E-state index contributed by atoms with van der Waals surface area (Å²) in [6.07, 6.45) is 7.75. The van der Waals surface area contributed by atoms with E-state index >= 15 is 0 Å². The van der Waals surface area contributed by atoms with Crippen LogP contribution >= 0.6 is 0 Å². The Balaban J connectivity index is 2.34. The number of nitrogens with one attached hydrogen (secondary N) is 1. The average Bonchev–Trinajstić information content (AvgIpc) is 2.26. The normalized spacial score (nSPS) is 20.7. The minimum Gasteiger partial charge on any atom is -0.311 e. The second kappa shape index (κ2) is 6.18. The molecule has 1 aliphatic carbocycles. The van der Waals surface area contributed by atoms with Gasteiger partial charge in [-0.1, -0.05) is 32.1 Å². The van der Waals surface area contributed by atoms with E-state index in [1.165, 1.54) is 32.1 Å². The Morgan fingerprint density at radius 2 is 2.07 bits per heavy atom. The van der Waals surface area contributed by atoms with Gasteiger partial charge in [0.25, 0.3) is 0 Å². The second-order valence-electron chi connectivity index (χ2n) is 4.25. The van der Waals surface area contributed by atoms with E-state index in [9.17, 15) is 4.79 Å². The maximum atomic E-state index is 11.4. The summed E-state index contributed by atoms with van der Waals surface area (Å²) < 4.78 is 0. The molecule has 0 bridgehead atoms. The van der Waals surface area contributed by atoms with Crippen LogP contribution in [-0.2, 0) is 4.79 Å². The van der Waals surface area contributed by atoms with Crippen LogP contribution in [-0.4, -0.2) is 18.9 Å². The molecule has 2 nitrogen and oxygen atoms in total. The van der Waals surface area contributed by atoms with Crippen molar-refractivity contribution in [1.29, 1.82) is 0 Å². The van der Waals surface area contributed by atoms with E-state index in [1.54, 1.807) is 0 Å². The van der Waals surface area contributed by atoms with Crippen molar-refractivity contribution in [2.75, 3.05) is 7.05 Å². The van der Waals surface area contributed by atoms with Gasteiger partial charge < -0.3 is 5.32 Å². The summed E-state index contributed by atoms with van der Waals surface area (Å²) in [5, 5.41) is 3.07. The molecule has 1 rings (SSSR count). The smallest absolute Gasteiger partial charge is 0.150 e. The summed E-state index contributed by atoms with van der Waals surface area (Å²) in [6, 6.07) is -0.0110. The highest BCUT2D eigenvalue weighted by Gasteiger charge is 2.21. The van der Waals surface area contributed by atoms with Crippen molar-refractivity contribution in [2.24, 2.45) is 5.92 Å². The molecule has 2 heteroatoms. The predicted octanol–water partition coefficient (Wildman–Crippen LogP) is 2.22. The molecule has 0 spiro atoms. The first-order chi connectivity index (χ1) is 6.77. The van der Waals surface area contributed by atoms with Crippen LogP contribution in [0.1, 0.15) is 44.9 Å². The van der Waals surface area contributed by atoms with Gasteiger partial charge in [0.05, 0.1) is 6.04 Å². The number of hydrogen-bond donors (Lipinski definition) is 1. The van der Waals surface area contributed by atoms with Crippen LogP contribution in [0.15, 0.2) is 0 Å². The molecule has 1 saturated carbocycles. The zero-order chi connectivity index (χ0) is 10.4. The number of rotatable bonds is 5. The molecule has 1 atom stereocenters. The number of likely N-dealkylation sites (N-methyl/N-ethyl adjacent to an activating group) is 1. The monoisotopic (exact) mass is 195 g/mol. The van der Waals surface area contributed by atoms with Gasteiger partial charge in [-0.3, -0.25) is 4.79 Å². The number of carbonyl (C=O) groups is 1. The van der Waals surface area contributed by atoms with Crippen LogP contribution in [0.5, 0.6) is 0 Å². The van der Waals surface area contributed by atoms with Crippen LogP contribution in [0.2, 0.25) is 0 Å². The van der Waals surface area contributed by atoms with Gasteiger partial charge in [0.1, 0.15) is 5.78 Å². The second-order valence-corrected chi connectivity index (χ2v) is 4.25. The van der Waals surface area contributed by atoms with Gasteiger partial charge in [0.2, 0.25) is 0 Å². The van der Waals surface area contributed by atoms with Gasteiger partial charge >= 0.3 is 0 Å². The van der Waals surface area contributed by atoms with Gasteiger partial charge in [-0.05, 0) is 26.3 Å². The van der Waals surface area contributed by atoms with Crippen molar-refractivity contribution in [1.82, 2.24) is 5.32 Å². The Hall–Kier alpha value is -0.370. The minimum atomic E-state index is -0.0110. The molecule has 0 amide bonds. The zero-order valence-electron chi connectivity index (χ0n) is 9.09. The highest BCUT2D eigenvalue weighted by atomic mass is 16.1. The van der Waals surface area contributed by atoms with E-state index < -0.39 is 0 Å². The third kappa shape index (κ3) is 3.41. The summed E-state index contributed by atoms with van der Waals surface area (Å²) in [5.41, 5.74) is 0. The standard InChI is InChI=1S/C12H21NO/c1-3-12(14)11(13-2)9-10-7-5-4-6-8-10/h1,10-11,13H,3-9H2,2H3. The zero-order valence-corrected chi connectivity index (χ0v) is 9.09. The minimum absolute atomic E-state index is 0.0110. The van der Waals surface area contributed by atoms with Crippen molar-refractivity contribution in [3.8, 4) is 0 Å². The largest absolute Gasteiger partial charge is 0.311 e. The molecule has 2 radical (unpaired) electrons. The van der Waals surface area contributed by atoms with E-state index in [0.29, 0.717) is 0 Å². The van der Waals surface area contributed by atoms with E-state index in [4.69, 9.17) is 6.92 Å². The Bertz CT molecular complexity index is 173. The summed E-state index contributed by atoms with van der Waals surface area (Å²) in [7, 11) is 1.85. The van der Waals surface area contributed by atoms with Crippen molar-refractivity contribution >= 4 is 5.78 Å². The lowest BCUT2D eigenvalue weighted by molar-refractivity contribution is -0.120. The van der Waals surface area contributed by atoms with E-state index in [-0.39, 0.29) is 18.2 Å². The van der Waals surface area contributed by atoms with Gasteiger partial charge in [0, 0.05) is 6.42 Å². The lowest BCUT2D eigenvalue weighted by Gasteiger charge is -2.25. The van der Waals surface area contributed by atoms with Crippen LogP contribution < -0.4 is 5.32 Å². The molecule has 1 aliphatic rings. The maximum absolute atomic E-state index is 11.4. The van der Waals surface area contributed by atoms with Crippen molar-refractivity contribution in [2.45, 2.75) is 51.0 Å². The van der Waals surface area contributed by atoms with Crippen LogP contribution in [0, 0.1) is 12.8 Å². The topological polar surface area (TPSA) is 29.1 Å². The Labute approximate surface area is 87.5 Å². The first-order valence-corrected chi connectivity index (χ1v) is 5.68. The molecule has 80 valence electrons. The van der Waals surface area contributed by atoms with Gasteiger partial charge in [0.15, 0.2) is 0 Å². The van der Waals surface area contributed by atoms with Crippen molar-refractivity contribution < 1.29 is 4.79 Å². The summed E-state index contributed by atoms with van der Waals surface area (Å²) >= 11 is 0. The average molecular weight is 195 g/mol. The summed E-state index contributed by atoms with van der Waals surface area (Å²) in [4.78, 5) is 11.4. The van der Waals surface area contributed by atoms with E-state index in [0.717, 1.165) is 12.3 Å². The fraction of sp³-hybridized carbons (Fsp3) is 0.833. The Morgan fingerprint density at radius 1 is 1.43 bits per heavy atom. The summed E-state index contributed by atoms with van der Waals surface area (Å²) in [6.45, 7) is 5.36. The Kier molecular flexibility index (Phi) is 5.16. The van der Waals surface area contributed by atoms with Gasteiger partial charge in [-0.25, -0.2) is 0 Å². The van der Waals surface area contributed by atoms with E-state index in [2.05, 4.69) is 5.32 Å². The first-order valence-electron chi connectivity index (χ1n) is 5.68. The van der Waals surface area contributed by atoms with Crippen LogP contribution in [0.25, 0.3) is 0 Å². The number of Topliss-reactive ketones (excluding diaryl/α,β-unsaturated/α-hetero) is 1. The number of hydrogen-bond acceptors (Lipinski definition) is 2. The fourth-order valence-electron chi connectivity index (χ4n) is 2.31. The molecule has 1 N–H and O–H groups in total. The highest BCUT2D eigenvalue weighted by Crippen LogP contribution is 2.27. The van der Waals surface area contributed by atoms with Crippen molar-refractivity contribution in [3.63, 3.8) is 0 Å². The first kappa shape index (κ1) is 11.7. The number of ketones is 1. The van der Waals surface area contributed by atoms with Crippen LogP contribution in [0.3, 0.4) is 0 Å². The summed E-state index contributed by atoms with van der Waals surface area (Å²) in [5.74, 6) is 0.884. The molecule has 0 aromatic rings. The highest BCUT2D eigenvalue weighted by molar-refractivity contribution is 5.84. The predicted molar refractivity (Wildman–Crippen MR) is 58.0 cm³/mol. The van der Waals surface area contributed by atoms with Gasteiger partial charge in [-0.2, -0.15) is 0 Å². The van der Waals surface area contributed by atoms with E-state index in [1.807, 2.05) is 7.05 Å². The molecule has 0 heterocycles. The molecule has 1 fully saturated rings. The molecule has 0 aromatic carbocycles. The molecule has 0 aliphatic heterocycles. The lowest BCUT2D eigenvalue weighted by Crippen LogP contribution is -2.35. The quantitative estimate of drug-likeness (QED) is 0.728.